The van der Waals surface area contributed by atoms with Gasteiger partial charge in [-0.15, -0.1) is 0 Å². The molecule has 1 saturated carbocycles. The summed E-state index contributed by atoms with van der Waals surface area (Å²) in [6.45, 7) is 6.25. The van der Waals surface area contributed by atoms with Gasteiger partial charge in [0.1, 0.15) is 5.82 Å². The Balaban J connectivity index is 1.74. The summed E-state index contributed by atoms with van der Waals surface area (Å²) in [6, 6.07) is 2.16. The van der Waals surface area contributed by atoms with Crippen LogP contribution in [0.1, 0.15) is 31.7 Å². The molecule has 2 heterocycles. The number of nitrogens with one attached hydrogen (secondary N) is 1. The third kappa shape index (κ3) is 2.72. The Morgan fingerprint density at radius 1 is 1.37 bits per heavy atom. The number of aromatic nitrogens is 1. The van der Waals surface area contributed by atoms with Crippen LogP contribution in [-0.4, -0.2) is 24.6 Å². The van der Waals surface area contributed by atoms with Crippen LogP contribution in [0.2, 0.25) is 5.02 Å². The van der Waals surface area contributed by atoms with Gasteiger partial charge in [0.25, 0.3) is 0 Å². The summed E-state index contributed by atoms with van der Waals surface area (Å²) in [4.78, 5) is 6.97. The SMILES string of the molecule is CCNCc1cc(N2CC3CCCC3C2)ncc1Cl. The van der Waals surface area contributed by atoms with E-state index in [9.17, 15) is 0 Å². The average Bonchev–Trinajstić information content (AvgIpc) is 2.98. The molecule has 1 saturated heterocycles. The van der Waals surface area contributed by atoms with Gasteiger partial charge in [-0.05, 0) is 42.9 Å². The van der Waals surface area contributed by atoms with Crippen molar-refractivity contribution >= 4 is 17.4 Å². The molecule has 2 aliphatic rings. The van der Waals surface area contributed by atoms with Crippen LogP contribution in [0.3, 0.4) is 0 Å². The lowest BCUT2D eigenvalue weighted by atomic mass is 10.0. The van der Waals surface area contributed by atoms with Gasteiger partial charge in [0.05, 0.1) is 5.02 Å². The molecule has 0 radical (unpaired) electrons. The molecule has 19 heavy (non-hydrogen) atoms. The second kappa shape index (κ2) is 5.68. The average molecular weight is 280 g/mol. The molecule has 1 aromatic rings. The molecular weight excluding hydrogens is 258 g/mol. The predicted octanol–water partition coefficient (Wildman–Crippen LogP) is 3.08. The topological polar surface area (TPSA) is 28.2 Å². The number of anilines is 1. The zero-order valence-electron chi connectivity index (χ0n) is 11.5. The van der Waals surface area contributed by atoms with Crippen molar-refractivity contribution < 1.29 is 0 Å². The molecule has 2 atom stereocenters. The molecular formula is C15H22ClN3. The normalized spacial score (nSPS) is 25.9. The van der Waals surface area contributed by atoms with Gasteiger partial charge in [-0.2, -0.15) is 0 Å². The molecule has 1 N–H and O–H groups in total. The lowest BCUT2D eigenvalue weighted by Crippen LogP contribution is -2.22. The van der Waals surface area contributed by atoms with Gasteiger partial charge in [-0.1, -0.05) is 24.9 Å². The Labute approximate surface area is 120 Å². The molecule has 2 unspecified atom stereocenters. The largest absolute Gasteiger partial charge is 0.356 e. The second-order valence-electron chi connectivity index (χ2n) is 5.77. The third-order valence-electron chi connectivity index (χ3n) is 4.54. The van der Waals surface area contributed by atoms with E-state index in [0.29, 0.717) is 0 Å². The molecule has 4 heteroatoms. The van der Waals surface area contributed by atoms with E-state index in [1.807, 2.05) is 0 Å². The third-order valence-corrected chi connectivity index (χ3v) is 4.88. The van der Waals surface area contributed by atoms with Crippen molar-refractivity contribution in [1.82, 2.24) is 10.3 Å². The number of rotatable bonds is 4. The fourth-order valence-electron chi connectivity index (χ4n) is 3.46. The van der Waals surface area contributed by atoms with E-state index in [1.165, 1.54) is 32.4 Å². The van der Waals surface area contributed by atoms with E-state index in [2.05, 4.69) is 28.2 Å². The van der Waals surface area contributed by atoms with E-state index in [-0.39, 0.29) is 0 Å². The minimum Gasteiger partial charge on any atom is -0.356 e. The lowest BCUT2D eigenvalue weighted by molar-refractivity contribution is 0.494. The Morgan fingerprint density at radius 2 is 2.11 bits per heavy atom. The monoisotopic (exact) mass is 279 g/mol. The van der Waals surface area contributed by atoms with E-state index in [0.717, 1.165) is 41.3 Å². The molecule has 0 bridgehead atoms. The summed E-state index contributed by atoms with van der Waals surface area (Å²) >= 11 is 6.21. The van der Waals surface area contributed by atoms with Gasteiger partial charge in [0.2, 0.25) is 0 Å². The number of halogens is 1. The van der Waals surface area contributed by atoms with Crippen LogP contribution in [0.4, 0.5) is 5.82 Å². The van der Waals surface area contributed by atoms with Crippen molar-refractivity contribution in [1.29, 1.82) is 0 Å². The Kier molecular flexibility index (Phi) is 3.94. The van der Waals surface area contributed by atoms with E-state index < -0.39 is 0 Å². The predicted molar refractivity (Wildman–Crippen MR) is 79.7 cm³/mol. The molecule has 1 aliphatic heterocycles. The molecule has 3 rings (SSSR count). The van der Waals surface area contributed by atoms with Gasteiger partial charge >= 0.3 is 0 Å². The standard InChI is InChI=1S/C15H22ClN3/c1-2-17-7-13-6-15(18-8-14(13)16)19-9-11-4-3-5-12(11)10-19/h6,8,11-12,17H,2-5,7,9-10H2,1H3. The maximum absolute atomic E-state index is 6.21. The number of hydrogen-bond acceptors (Lipinski definition) is 3. The summed E-state index contributed by atoms with van der Waals surface area (Å²) in [5.74, 6) is 2.90. The fourth-order valence-corrected chi connectivity index (χ4v) is 3.63. The van der Waals surface area contributed by atoms with Crippen LogP contribution in [0.25, 0.3) is 0 Å². The number of fused-ring (bicyclic) bond motifs is 1. The summed E-state index contributed by atoms with van der Waals surface area (Å²) in [5, 5.41) is 4.10. The van der Waals surface area contributed by atoms with Crippen molar-refractivity contribution in [2.45, 2.75) is 32.7 Å². The zero-order valence-corrected chi connectivity index (χ0v) is 12.3. The molecule has 3 nitrogen and oxygen atoms in total. The number of nitrogens with zero attached hydrogens (tertiary/aromatic N) is 2. The van der Waals surface area contributed by atoms with Crippen molar-refractivity contribution in [3.05, 3.63) is 22.8 Å². The minimum atomic E-state index is 0.768. The maximum Gasteiger partial charge on any atom is 0.128 e. The van der Waals surface area contributed by atoms with Crippen molar-refractivity contribution in [2.24, 2.45) is 11.8 Å². The highest BCUT2D eigenvalue weighted by molar-refractivity contribution is 6.31. The summed E-state index contributed by atoms with van der Waals surface area (Å²) in [6.07, 6.45) is 6.03. The van der Waals surface area contributed by atoms with Crippen LogP contribution < -0.4 is 10.2 Å². The maximum atomic E-state index is 6.21. The first kappa shape index (κ1) is 13.2. The van der Waals surface area contributed by atoms with Crippen molar-refractivity contribution in [2.75, 3.05) is 24.5 Å². The lowest BCUT2D eigenvalue weighted by Gasteiger charge is -2.19. The van der Waals surface area contributed by atoms with Crippen LogP contribution in [0.15, 0.2) is 12.3 Å². The molecule has 1 aromatic heterocycles. The number of pyridine rings is 1. The molecule has 2 fully saturated rings. The van der Waals surface area contributed by atoms with Gasteiger partial charge in [0, 0.05) is 25.8 Å². The van der Waals surface area contributed by atoms with Gasteiger partial charge in [-0.25, -0.2) is 4.98 Å². The van der Waals surface area contributed by atoms with Crippen molar-refractivity contribution in [3.63, 3.8) is 0 Å². The quantitative estimate of drug-likeness (QED) is 0.918. The summed E-state index contributed by atoms with van der Waals surface area (Å²) in [5.41, 5.74) is 1.16. The van der Waals surface area contributed by atoms with E-state index >= 15 is 0 Å². The molecule has 0 aromatic carbocycles. The molecule has 0 amide bonds. The van der Waals surface area contributed by atoms with Gasteiger partial charge in [0.15, 0.2) is 0 Å². The Bertz CT molecular complexity index is 437. The number of hydrogen-bond donors (Lipinski definition) is 1. The Morgan fingerprint density at radius 3 is 2.79 bits per heavy atom. The smallest absolute Gasteiger partial charge is 0.128 e. The molecule has 104 valence electrons. The Hall–Kier alpha value is -0.800. The summed E-state index contributed by atoms with van der Waals surface area (Å²) in [7, 11) is 0. The second-order valence-corrected chi connectivity index (χ2v) is 6.18. The summed E-state index contributed by atoms with van der Waals surface area (Å²) < 4.78 is 0. The highest BCUT2D eigenvalue weighted by atomic mass is 35.5. The first-order chi connectivity index (χ1) is 9.28. The van der Waals surface area contributed by atoms with Gasteiger partial charge < -0.3 is 10.2 Å². The first-order valence-electron chi connectivity index (χ1n) is 7.38. The highest BCUT2D eigenvalue weighted by Gasteiger charge is 2.36. The van der Waals surface area contributed by atoms with Crippen molar-refractivity contribution in [3.8, 4) is 0 Å². The first-order valence-corrected chi connectivity index (χ1v) is 7.75. The van der Waals surface area contributed by atoms with Crippen LogP contribution in [0, 0.1) is 11.8 Å². The highest BCUT2D eigenvalue weighted by Crippen LogP contribution is 2.39. The fraction of sp³-hybridized carbons (Fsp3) is 0.667. The molecule has 1 aliphatic carbocycles. The van der Waals surface area contributed by atoms with E-state index in [4.69, 9.17) is 11.6 Å². The zero-order chi connectivity index (χ0) is 13.2. The molecule has 0 spiro atoms. The van der Waals surface area contributed by atoms with Crippen LogP contribution >= 0.6 is 11.6 Å². The van der Waals surface area contributed by atoms with Gasteiger partial charge in [-0.3, -0.25) is 0 Å². The van der Waals surface area contributed by atoms with Crippen LogP contribution in [-0.2, 0) is 6.54 Å². The minimum absolute atomic E-state index is 0.768. The van der Waals surface area contributed by atoms with E-state index in [1.54, 1.807) is 6.20 Å². The van der Waals surface area contributed by atoms with Crippen LogP contribution in [0.5, 0.6) is 0 Å².